The van der Waals surface area contributed by atoms with E-state index in [1.807, 2.05) is 36.7 Å². The fourth-order valence-electron chi connectivity index (χ4n) is 4.53. The van der Waals surface area contributed by atoms with E-state index >= 15 is 0 Å². The molecule has 8 nitrogen and oxygen atoms in total. The number of rotatable bonds is 4. The Morgan fingerprint density at radius 3 is 2.64 bits per heavy atom. The van der Waals surface area contributed by atoms with Gasteiger partial charge < -0.3 is 14.4 Å². The number of hydrogen-bond acceptors (Lipinski definition) is 7. The fraction of sp³-hybridized carbons (Fsp3) is 0.360. The Kier molecular flexibility index (Phi) is 5.45. The van der Waals surface area contributed by atoms with E-state index in [9.17, 15) is 0 Å². The molecular formula is C25H26N6O2. The largest absolute Gasteiger partial charge is 0.381 e. The smallest absolute Gasteiger partial charge is 0.253 e. The molecule has 8 heteroatoms. The maximum atomic E-state index is 5.71. The Bertz CT molecular complexity index is 1250. The van der Waals surface area contributed by atoms with Crippen LogP contribution in [0, 0.1) is 0 Å². The van der Waals surface area contributed by atoms with Crippen molar-refractivity contribution in [2.24, 2.45) is 0 Å². The van der Waals surface area contributed by atoms with Crippen LogP contribution in [-0.2, 0) is 9.47 Å². The van der Waals surface area contributed by atoms with E-state index in [1.165, 1.54) is 5.56 Å². The maximum Gasteiger partial charge on any atom is 0.253 e. The van der Waals surface area contributed by atoms with Gasteiger partial charge in [0.25, 0.3) is 5.95 Å². The lowest BCUT2D eigenvalue weighted by atomic mass is 9.95. The Morgan fingerprint density at radius 1 is 0.939 bits per heavy atom. The summed E-state index contributed by atoms with van der Waals surface area (Å²) in [6.07, 6.45) is 6.07. The Morgan fingerprint density at radius 2 is 1.82 bits per heavy atom. The molecule has 0 N–H and O–H groups in total. The Labute approximate surface area is 192 Å². The highest BCUT2D eigenvalue weighted by Gasteiger charge is 2.22. The van der Waals surface area contributed by atoms with Crippen LogP contribution in [0.1, 0.15) is 24.3 Å². The summed E-state index contributed by atoms with van der Waals surface area (Å²) in [6.45, 7) is 4.49. The molecule has 6 rings (SSSR count). The van der Waals surface area contributed by atoms with Crippen molar-refractivity contribution in [3.63, 3.8) is 0 Å². The average Bonchev–Trinajstić information content (AvgIpc) is 3.40. The monoisotopic (exact) mass is 442 g/mol. The summed E-state index contributed by atoms with van der Waals surface area (Å²) < 4.78 is 13.0. The van der Waals surface area contributed by atoms with Gasteiger partial charge in [0, 0.05) is 43.6 Å². The molecule has 0 amide bonds. The molecule has 0 saturated carbocycles. The van der Waals surface area contributed by atoms with E-state index in [2.05, 4.69) is 23.1 Å². The third-order valence-electron chi connectivity index (χ3n) is 6.33. The second kappa shape index (κ2) is 8.88. The molecule has 2 saturated heterocycles. The van der Waals surface area contributed by atoms with Crippen molar-refractivity contribution in [2.45, 2.75) is 18.8 Å². The molecule has 2 aliphatic rings. The first-order valence-electron chi connectivity index (χ1n) is 11.5. The van der Waals surface area contributed by atoms with Gasteiger partial charge in [-0.15, -0.1) is 0 Å². The van der Waals surface area contributed by atoms with Crippen molar-refractivity contribution in [3.8, 4) is 17.2 Å². The average molecular weight is 443 g/mol. The van der Waals surface area contributed by atoms with Gasteiger partial charge in [-0.1, -0.05) is 30.3 Å². The molecule has 1 unspecified atom stereocenters. The molecule has 4 aromatic rings. The topological polar surface area (TPSA) is 78.2 Å². The van der Waals surface area contributed by atoms with Crippen molar-refractivity contribution in [3.05, 3.63) is 60.4 Å². The van der Waals surface area contributed by atoms with Crippen molar-refractivity contribution in [1.82, 2.24) is 24.7 Å². The van der Waals surface area contributed by atoms with Crippen LogP contribution in [0.4, 0.5) is 5.82 Å². The summed E-state index contributed by atoms with van der Waals surface area (Å²) in [5.74, 6) is 1.74. The van der Waals surface area contributed by atoms with Crippen LogP contribution >= 0.6 is 0 Å². The van der Waals surface area contributed by atoms with Crippen LogP contribution in [0.2, 0.25) is 0 Å². The number of hydrogen-bond donors (Lipinski definition) is 0. The summed E-state index contributed by atoms with van der Waals surface area (Å²) in [6, 6.07) is 14.3. The summed E-state index contributed by atoms with van der Waals surface area (Å²) in [5.41, 5.74) is 4.77. The summed E-state index contributed by atoms with van der Waals surface area (Å²) in [4.78, 5) is 16.9. The van der Waals surface area contributed by atoms with Gasteiger partial charge in [-0.2, -0.15) is 10.1 Å². The molecule has 33 heavy (non-hydrogen) atoms. The van der Waals surface area contributed by atoms with Gasteiger partial charge in [0.15, 0.2) is 5.82 Å². The number of benzene rings is 1. The lowest BCUT2D eigenvalue weighted by Gasteiger charge is -2.28. The van der Waals surface area contributed by atoms with E-state index in [1.54, 1.807) is 4.68 Å². The van der Waals surface area contributed by atoms with Crippen LogP contribution in [0.15, 0.2) is 54.9 Å². The minimum Gasteiger partial charge on any atom is -0.381 e. The number of ether oxygens (including phenoxy) is 2. The van der Waals surface area contributed by atoms with E-state index in [0.717, 1.165) is 67.3 Å². The highest BCUT2D eigenvalue weighted by molar-refractivity contribution is 5.86. The lowest BCUT2D eigenvalue weighted by molar-refractivity contribution is 0.0804. The minimum atomic E-state index is 0.357. The van der Waals surface area contributed by atoms with Crippen molar-refractivity contribution in [2.75, 3.05) is 44.4 Å². The predicted molar refractivity (Wildman–Crippen MR) is 126 cm³/mol. The lowest BCUT2D eigenvalue weighted by Crippen LogP contribution is -2.37. The van der Waals surface area contributed by atoms with Gasteiger partial charge in [-0.3, -0.25) is 4.98 Å². The Hall–Kier alpha value is -3.36. The molecule has 5 heterocycles. The molecule has 2 fully saturated rings. The Balaban J connectivity index is 1.44. The van der Waals surface area contributed by atoms with Crippen LogP contribution in [0.5, 0.6) is 0 Å². The third-order valence-corrected chi connectivity index (χ3v) is 6.33. The maximum absolute atomic E-state index is 5.71. The van der Waals surface area contributed by atoms with Crippen molar-refractivity contribution < 1.29 is 9.47 Å². The van der Waals surface area contributed by atoms with Gasteiger partial charge in [0.1, 0.15) is 5.52 Å². The third kappa shape index (κ3) is 4.07. The SMILES string of the molecule is c1ccc(-c2ccn(-c3nc(N4CCOCC4)c4ncc(C5CCCOC5)cc4n3)n2)cc1. The highest BCUT2D eigenvalue weighted by Crippen LogP contribution is 2.30. The highest BCUT2D eigenvalue weighted by atomic mass is 16.5. The second-order valence-corrected chi connectivity index (χ2v) is 8.51. The van der Waals surface area contributed by atoms with Crippen LogP contribution < -0.4 is 4.90 Å². The normalized spacial score (nSPS) is 19.2. The van der Waals surface area contributed by atoms with Gasteiger partial charge in [-0.25, -0.2) is 9.67 Å². The second-order valence-electron chi connectivity index (χ2n) is 8.51. The number of fused-ring (bicyclic) bond motifs is 1. The van der Waals surface area contributed by atoms with Gasteiger partial charge in [0.2, 0.25) is 0 Å². The molecule has 1 atom stereocenters. The molecule has 0 spiro atoms. The first kappa shape index (κ1) is 20.3. The van der Waals surface area contributed by atoms with Crippen LogP contribution in [0.25, 0.3) is 28.2 Å². The van der Waals surface area contributed by atoms with Crippen LogP contribution in [-0.4, -0.2) is 64.2 Å². The van der Waals surface area contributed by atoms with Crippen molar-refractivity contribution >= 4 is 16.9 Å². The van der Waals surface area contributed by atoms with E-state index in [4.69, 9.17) is 29.5 Å². The number of morpholine rings is 1. The zero-order chi connectivity index (χ0) is 22.0. The van der Waals surface area contributed by atoms with Gasteiger partial charge >= 0.3 is 0 Å². The molecule has 0 radical (unpaired) electrons. The number of pyridine rings is 1. The van der Waals surface area contributed by atoms with E-state index in [0.29, 0.717) is 25.1 Å². The first-order chi connectivity index (χ1) is 16.3. The van der Waals surface area contributed by atoms with Crippen LogP contribution in [0.3, 0.4) is 0 Å². The van der Waals surface area contributed by atoms with Crippen molar-refractivity contribution in [1.29, 1.82) is 0 Å². The minimum absolute atomic E-state index is 0.357. The van der Waals surface area contributed by atoms with Gasteiger partial charge in [0.05, 0.1) is 31.0 Å². The van der Waals surface area contributed by atoms with Gasteiger partial charge in [-0.05, 0) is 30.5 Å². The summed E-state index contributed by atoms with van der Waals surface area (Å²) >= 11 is 0. The number of nitrogens with zero attached hydrogens (tertiary/aromatic N) is 6. The molecule has 2 aliphatic heterocycles. The summed E-state index contributed by atoms with van der Waals surface area (Å²) in [7, 11) is 0. The zero-order valence-corrected chi connectivity index (χ0v) is 18.4. The standard InChI is InChI=1S/C25H26N6O2/c1-2-5-18(6-3-1)21-8-9-31(29-21)25-27-22-15-20(19-7-4-12-33-17-19)16-26-23(22)24(28-25)30-10-13-32-14-11-30/h1-3,5-6,8-9,15-16,19H,4,7,10-14,17H2. The number of anilines is 1. The molecular weight excluding hydrogens is 416 g/mol. The molecule has 3 aromatic heterocycles. The first-order valence-corrected chi connectivity index (χ1v) is 11.5. The predicted octanol–water partition coefficient (Wildman–Crippen LogP) is 3.61. The fourth-order valence-corrected chi connectivity index (χ4v) is 4.53. The van der Waals surface area contributed by atoms with E-state index in [-0.39, 0.29) is 0 Å². The molecule has 1 aromatic carbocycles. The van der Waals surface area contributed by atoms with E-state index < -0.39 is 0 Å². The summed E-state index contributed by atoms with van der Waals surface area (Å²) in [5, 5.41) is 4.76. The molecule has 0 bridgehead atoms. The quantitative estimate of drug-likeness (QED) is 0.478. The molecule has 0 aliphatic carbocycles. The molecule has 168 valence electrons. The zero-order valence-electron chi connectivity index (χ0n) is 18.4. The number of aromatic nitrogens is 5.